The minimum Gasteiger partial charge on any atom is -0.449 e. The molecule has 5 nitrogen and oxygen atoms in total. The Morgan fingerprint density at radius 3 is 2.35 bits per heavy atom. The molecule has 1 rings (SSSR count). The Morgan fingerprint density at radius 1 is 1.40 bits per heavy atom. The third-order valence-electron chi connectivity index (χ3n) is 3.35. The van der Waals surface area contributed by atoms with Gasteiger partial charge in [0.2, 0.25) is 0 Å². The van der Waals surface area contributed by atoms with Crippen molar-refractivity contribution < 1.29 is 14.6 Å². The highest BCUT2D eigenvalue weighted by Crippen LogP contribution is 2.39. The standard InChI is InChI=1S/C13H20N2O3S2/c1-13(11(19)20,7-18-12(15)17)10(14)9-4-2-8(6-16)3-5-9/h2-5,10-11,16,19-20H,6-7,14H2,1H3,(H2,15,17). The molecule has 1 amide bonds. The number of rotatable bonds is 6. The van der Waals surface area contributed by atoms with Crippen molar-refractivity contribution in [1.29, 1.82) is 0 Å². The highest BCUT2D eigenvalue weighted by Gasteiger charge is 2.38. The number of thiol groups is 2. The molecule has 0 fully saturated rings. The zero-order valence-corrected chi connectivity index (χ0v) is 13.0. The van der Waals surface area contributed by atoms with E-state index < -0.39 is 22.1 Å². The van der Waals surface area contributed by atoms with Crippen LogP contribution in [0.1, 0.15) is 24.1 Å². The van der Waals surface area contributed by atoms with Crippen LogP contribution in [0.15, 0.2) is 24.3 Å². The summed E-state index contributed by atoms with van der Waals surface area (Å²) < 4.78 is 4.47. The van der Waals surface area contributed by atoms with Crippen LogP contribution in [-0.4, -0.2) is 22.4 Å². The van der Waals surface area contributed by atoms with Gasteiger partial charge in [-0.3, -0.25) is 0 Å². The third-order valence-corrected chi connectivity index (χ3v) is 4.53. The minimum absolute atomic E-state index is 0.0168. The number of aliphatic hydroxyl groups is 1. The number of benzene rings is 1. The number of hydrogen-bond acceptors (Lipinski definition) is 6. The van der Waals surface area contributed by atoms with Crippen LogP contribution in [0.2, 0.25) is 0 Å². The van der Waals surface area contributed by atoms with Gasteiger partial charge in [-0.05, 0) is 11.1 Å². The van der Waals surface area contributed by atoms with E-state index in [9.17, 15) is 4.79 Å². The molecule has 0 saturated carbocycles. The van der Waals surface area contributed by atoms with Crippen LogP contribution >= 0.6 is 25.3 Å². The van der Waals surface area contributed by atoms with E-state index in [1.54, 1.807) is 12.1 Å². The summed E-state index contributed by atoms with van der Waals surface area (Å²) in [6, 6.07) is 6.77. The van der Waals surface area contributed by atoms with Gasteiger partial charge in [0.25, 0.3) is 0 Å². The molecule has 5 N–H and O–H groups in total. The van der Waals surface area contributed by atoms with Crippen LogP contribution in [0.25, 0.3) is 0 Å². The van der Waals surface area contributed by atoms with E-state index in [1.807, 2.05) is 19.1 Å². The van der Waals surface area contributed by atoms with Crippen molar-refractivity contribution in [2.75, 3.05) is 6.61 Å². The quantitative estimate of drug-likeness (QED) is 0.405. The highest BCUT2D eigenvalue weighted by atomic mass is 32.2. The van der Waals surface area contributed by atoms with Gasteiger partial charge in [0.1, 0.15) is 6.61 Å². The van der Waals surface area contributed by atoms with E-state index in [4.69, 9.17) is 21.3 Å². The SMILES string of the molecule is CC(COC(N)=O)(C(S)S)C(N)c1ccc(CO)cc1. The average Bonchev–Trinajstić information content (AvgIpc) is 2.43. The molecule has 0 spiro atoms. The zero-order valence-electron chi connectivity index (χ0n) is 11.2. The zero-order chi connectivity index (χ0) is 15.3. The summed E-state index contributed by atoms with van der Waals surface area (Å²) in [5.41, 5.74) is 12.2. The van der Waals surface area contributed by atoms with Crippen LogP contribution in [-0.2, 0) is 11.3 Å². The second kappa shape index (κ2) is 7.21. The molecular formula is C13H20N2O3S2. The van der Waals surface area contributed by atoms with Gasteiger partial charge in [0.05, 0.1) is 11.2 Å². The van der Waals surface area contributed by atoms with Crippen LogP contribution in [0, 0.1) is 5.41 Å². The van der Waals surface area contributed by atoms with Gasteiger partial charge < -0.3 is 21.3 Å². The lowest BCUT2D eigenvalue weighted by Gasteiger charge is -2.37. The van der Waals surface area contributed by atoms with E-state index in [0.717, 1.165) is 11.1 Å². The molecular weight excluding hydrogens is 296 g/mol. The van der Waals surface area contributed by atoms with E-state index >= 15 is 0 Å². The molecule has 0 heterocycles. The minimum atomic E-state index is -0.860. The van der Waals surface area contributed by atoms with Crippen LogP contribution < -0.4 is 11.5 Å². The first-order valence-corrected chi connectivity index (χ1v) is 7.08. The van der Waals surface area contributed by atoms with Gasteiger partial charge in [0, 0.05) is 11.5 Å². The lowest BCUT2D eigenvalue weighted by atomic mass is 9.81. The first-order valence-electron chi connectivity index (χ1n) is 6.05. The van der Waals surface area contributed by atoms with Gasteiger partial charge in [-0.15, -0.1) is 0 Å². The third kappa shape index (κ3) is 4.05. The fourth-order valence-electron chi connectivity index (χ4n) is 1.76. The normalized spacial score (nSPS) is 15.7. The Bertz CT molecular complexity index is 453. The maximum absolute atomic E-state index is 10.8. The first kappa shape index (κ1) is 17.2. The summed E-state index contributed by atoms with van der Waals surface area (Å²) in [6.07, 6.45) is -0.860. The summed E-state index contributed by atoms with van der Waals surface area (Å²) >= 11 is 8.64. The van der Waals surface area contributed by atoms with Crippen LogP contribution in [0.3, 0.4) is 0 Å². The van der Waals surface area contributed by atoms with Crippen molar-refractivity contribution in [3.63, 3.8) is 0 Å². The molecule has 0 aromatic heterocycles. The monoisotopic (exact) mass is 316 g/mol. The first-order chi connectivity index (χ1) is 9.31. The second-order valence-electron chi connectivity index (χ2n) is 4.86. The lowest BCUT2D eigenvalue weighted by Crippen LogP contribution is -2.42. The van der Waals surface area contributed by atoms with E-state index in [0.29, 0.717) is 0 Å². The Kier molecular flexibility index (Phi) is 6.19. The maximum atomic E-state index is 10.8. The molecule has 2 atom stereocenters. The Morgan fingerprint density at radius 2 is 1.95 bits per heavy atom. The van der Waals surface area contributed by atoms with Gasteiger partial charge >= 0.3 is 6.09 Å². The number of amides is 1. The van der Waals surface area contributed by atoms with Crippen molar-refractivity contribution in [3.05, 3.63) is 35.4 Å². The maximum Gasteiger partial charge on any atom is 0.404 e. The number of aliphatic hydroxyl groups excluding tert-OH is 1. The number of carbonyl (C=O) groups excluding carboxylic acids is 1. The Balaban J connectivity index is 2.97. The van der Waals surface area contributed by atoms with Gasteiger partial charge in [-0.1, -0.05) is 31.2 Å². The Hall–Kier alpha value is -0.890. The summed E-state index contributed by atoms with van der Waals surface area (Å²) in [7, 11) is 0. The smallest absolute Gasteiger partial charge is 0.404 e. The lowest BCUT2D eigenvalue weighted by molar-refractivity contribution is 0.0911. The molecule has 1 aromatic carbocycles. The topological polar surface area (TPSA) is 98.6 Å². The number of primary amides is 1. The van der Waals surface area contributed by atoms with E-state index in [2.05, 4.69) is 25.3 Å². The summed E-state index contributed by atoms with van der Waals surface area (Å²) in [5.74, 6) is 0. The molecule has 0 aliphatic carbocycles. The predicted octanol–water partition coefficient (Wildman–Crippen LogP) is 1.47. The van der Waals surface area contributed by atoms with Crippen molar-refractivity contribution in [1.82, 2.24) is 0 Å². The average molecular weight is 316 g/mol. The van der Waals surface area contributed by atoms with Crippen molar-refractivity contribution >= 4 is 31.4 Å². The summed E-state index contributed by atoms with van der Waals surface area (Å²) in [4.78, 5) is 10.8. The van der Waals surface area contributed by atoms with Gasteiger partial charge in [-0.25, -0.2) is 4.79 Å². The van der Waals surface area contributed by atoms with Crippen LogP contribution in [0.4, 0.5) is 4.79 Å². The number of hydrogen-bond donors (Lipinski definition) is 5. The van der Waals surface area contributed by atoms with Gasteiger partial charge in [0.15, 0.2) is 0 Å². The molecule has 0 saturated heterocycles. The predicted molar refractivity (Wildman–Crippen MR) is 84.7 cm³/mol. The second-order valence-corrected chi connectivity index (χ2v) is 6.30. The van der Waals surface area contributed by atoms with Gasteiger partial charge in [-0.2, -0.15) is 25.3 Å². The molecule has 7 heteroatoms. The molecule has 0 aliphatic heterocycles. The molecule has 0 aliphatic rings. The molecule has 112 valence electrons. The number of carbonyl (C=O) groups is 1. The Labute approximate surface area is 129 Å². The van der Waals surface area contributed by atoms with Crippen molar-refractivity contribution in [3.8, 4) is 0 Å². The van der Waals surface area contributed by atoms with E-state index in [-0.39, 0.29) is 13.2 Å². The molecule has 0 bridgehead atoms. The summed E-state index contributed by atoms with van der Waals surface area (Å²) in [6.45, 7) is 1.81. The van der Waals surface area contributed by atoms with Crippen molar-refractivity contribution in [2.24, 2.45) is 16.9 Å². The number of nitrogens with two attached hydrogens (primary N) is 2. The molecule has 1 aromatic rings. The summed E-state index contributed by atoms with van der Waals surface area (Å²) in [5, 5.41) is 9.03. The highest BCUT2D eigenvalue weighted by molar-refractivity contribution is 7.99. The molecule has 0 radical (unpaired) electrons. The van der Waals surface area contributed by atoms with E-state index in [1.165, 1.54) is 0 Å². The fraction of sp³-hybridized carbons (Fsp3) is 0.462. The fourth-order valence-corrected chi connectivity index (χ4v) is 2.23. The number of ether oxygens (including phenoxy) is 1. The van der Waals surface area contributed by atoms with Crippen LogP contribution in [0.5, 0.6) is 0 Å². The molecule has 20 heavy (non-hydrogen) atoms. The largest absolute Gasteiger partial charge is 0.449 e. The van der Waals surface area contributed by atoms with Crippen molar-refractivity contribution in [2.45, 2.75) is 24.2 Å². The molecule has 2 unspecified atom stereocenters.